The van der Waals surface area contributed by atoms with Crippen LogP contribution in [0.3, 0.4) is 0 Å². The Bertz CT molecular complexity index is 925. The van der Waals surface area contributed by atoms with Crippen molar-refractivity contribution in [2.24, 2.45) is 0 Å². The second-order valence-electron chi connectivity index (χ2n) is 8.01. The SMILES string of the molecule is CC(C)(C)OC(=O)NCC(=O)Nc1cccc(CNC(=O)CCc2cccc(Cl)c2)c1. The third-order valence-corrected chi connectivity index (χ3v) is 4.26. The molecular formula is C23H28ClN3O4. The van der Waals surface area contributed by atoms with Crippen molar-refractivity contribution in [1.82, 2.24) is 10.6 Å². The monoisotopic (exact) mass is 445 g/mol. The lowest BCUT2D eigenvalue weighted by molar-refractivity contribution is -0.121. The molecule has 0 saturated heterocycles. The van der Waals surface area contributed by atoms with Crippen molar-refractivity contribution in [2.45, 2.75) is 45.8 Å². The van der Waals surface area contributed by atoms with E-state index in [1.54, 1.807) is 45.0 Å². The molecule has 0 aliphatic rings. The smallest absolute Gasteiger partial charge is 0.408 e. The number of carbonyl (C=O) groups excluding carboxylic acids is 3. The van der Waals surface area contributed by atoms with E-state index in [0.29, 0.717) is 30.1 Å². The summed E-state index contributed by atoms with van der Waals surface area (Å²) < 4.78 is 5.09. The van der Waals surface area contributed by atoms with Gasteiger partial charge >= 0.3 is 6.09 Å². The number of carbonyl (C=O) groups is 3. The van der Waals surface area contributed by atoms with Gasteiger partial charge in [0.25, 0.3) is 0 Å². The number of anilines is 1. The highest BCUT2D eigenvalue weighted by Crippen LogP contribution is 2.13. The first-order valence-corrected chi connectivity index (χ1v) is 10.4. The molecule has 3 amide bonds. The maximum absolute atomic E-state index is 12.1. The third-order valence-electron chi connectivity index (χ3n) is 4.02. The highest BCUT2D eigenvalue weighted by atomic mass is 35.5. The van der Waals surface area contributed by atoms with E-state index >= 15 is 0 Å². The maximum atomic E-state index is 12.1. The normalized spacial score (nSPS) is 10.8. The Morgan fingerprint density at radius 2 is 1.65 bits per heavy atom. The first-order valence-electron chi connectivity index (χ1n) is 9.97. The topological polar surface area (TPSA) is 96.5 Å². The van der Waals surface area contributed by atoms with Crippen molar-refractivity contribution >= 4 is 35.2 Å². The number of hydrogen-bond acceptors (Lipinski definition) is 4. The number of hydrogen-bond donors (Lipinski definition) is 3. The summed E-state index contributed by atoms with van der Waals surface area (Å²) in [4.78, 5) is 35.8. The Hall–Kier alpha value is -3.06. The molecule has 0 heterocycles. The van der Waals surface area contributed by atoms with Crippen LogP contribution in [0.1, 0.15) is 38.3 Å². The average molecular weight is 446 g/mol. The fourth-order valence-corrected chi connectivity index (χ4v) is 2.88. The van der Waals surface area contributed by atoms with Crippen LogP contribution in [0.5, 0.6) is 0 Å². The first kappa shape index (κ1) is 24.2. The van der Waals surface area contributed by atoms with Gasteiger partial charge in [-0.1, -0.05) is 35.9 Å². The van der Waals surface area contributed by atoms with Gasteiger partial charge in [0.1, 0.15) is 12.1 Å². The highest BCUT2D eigenvalue weighted by molar-refractivity contribution is 6.30. The van der Waals surface area contributed by atoms with Crippen molar-refractivity contribution in [1.29, 1.82) is 0 Å². The van der Waals surface area contributed by atoms with Gasteiger partial charge in [0.05, 0.1) is 0 Å². The summed E-state index contributed by atoms with van der Waals surface area (Å²) in [5, 5.41) is 8.63. The predicted molar refractivity (Wildman–Crippen MR) is 121 cm³/mol. The fourth-order valence-electron chi connectivity index (χ4n) is 2.67. The second kappa shape index (κ2) is 11.4. The number of benzene rings is 2. The molecule has 31 heavy (non-hydrogen) atoms. The molecule has 3 N–H and O–H groups in total. The van der Waals surface area contributed by atoms with Gasteiger partial charge in [-0.2, -0.15) is 0 Å². The molecule has 2 aromatic carbocycles. The van der Waals surface area contributed by atoms with Crippen molar-refractivity contribution in [3.63, 3.8) is 0 Å². The van der Waals surface area contributed by atoms with E-state index in [0.717, 1.165) is 11.1 Å². The van der Waals surface area contributed by atoms with Gasteiger partial charge in [0.2, 0.25) is 11.8 Å². The minimum Gasteiger partial charge on any atom is -0.444 e. The number of ether oxygens (including phenoxy) is 1. The molecule has 0 saturated carbocycles. The zero-order valence-corrected chi connectivity index (χ0v) is 18.7. The molecule has 2 rings (SSSR count). The molecule has 0 fully saturated rings. The van der Waals surface area contributed by atoms with Crippen LogP contribution in [-0.2, 0) is 27.3 Å². The number of amides is 3. The zero-order chi connectivity index (χ0) is 22.9. The van der Waals surface area contributed by atoms with Crippen molar-refractivity contribution in [3.8, 4) is 0 Å². The number of nitrogens with one attached hydrogen (secondary N) is 3. The minimum absolute atomic E-state index is 0.0732. The molecular weight excluding hydrogens is 418 g/mol. The maximum Gasteiger partial charge on any atom is 0.408 e. The van der Waals surface area contributed by atoms with Crippen molar-refractivity contribution in [2.75, 3.05) is 11.9 Å². The Balaban J connectivity index is 1.76. The van der Waals surface area contributed by atoms with Crippen LogP contribution < -0.4 is 16.0 Å². The van der Waals surface area contributed by atoms with E-state index in [1.165, 1.54) is 0 Å². The minimum atomic E-state index is -0.656. The second-order valence-corrected chi connectivity index (χ2v) is 8.45. The van der Waals surface area contributed by atoms with Gasteiger partial charge in [-0.15, -0.1) is 0 Å². The molecule has 0 aliphatic carbocycles. The number of alkyl carbamates (subject to hydrolysis) is 1. The molecule has 2 aromatic rings. The van der Waals surface area contributed by atoms with Gasteiger partial charge in [-0.25, -0.2) is 4.79 Å². The molecule has 0 aromatic heterocycles. The van der Waals surface area contributed by atoms with E-state index in [9.17, 15) is 14.4 Å². The van der Waals surface area contributed by atoms with E-state index in [2.05, 4.69) is 16.0 Å². The molecule has 0 bridgehead atoms. The van der Waals surface area contributed by atoms with E-state index in [4.69, 9.17) is 16.3 Å². The van der Waals surface area contributed by atoms with Crippen LogP contribution in [0.2, 0.25) is 5.02 Å². The molecule has 8 heteroatoms. The van der Waals surface area contributed by atoms with Crippen LogP contribution in [0.15, 0.2) is 48.5 Å². The summed E-state index contributed by atoms with van der Waals surface area (Å²) in [7, 11) is 0. The van der Waals surface area contributed by atoms with E-state index < -0.39 is 11.7 Å². The molecule has 0 aliphatic heterocycles. The van der Waals surface area contributed by atoms with Crippen LogP contribution in [-0.4, -0.2) is 30.1 Å². The quantitative estimate of drug-likeness (QED) is 0.571. The summed E-state index contributed by atoms with van der Waals surface area (Å²) in [5.74, 6) is -0.454. The lowest BCUT2D eigenvalue weighted by Gasteiger charge is -2.19. The summed E-state index contributed by atoms with van der Waals surface area (Å²) in [6.07, 6.45) is 0.303. The van der Waals surface area contributed by atoms with Gasteiger partial charge < -0.3 is 20.7 Å². The predicted octanol–water partition coefficient (Wildman–Crippen LogP) is 4.05. The van der Waals surface area contributed by atoms with Crippen molar-refractivity contribution in [3.05, 3.63) is 64.7 Å². The van der Waals surface area contributed by atoms with Gasteiger partial charge in [0, 0.05) is 23.7 Å². The summed E-state index contributed by atoms with van der Waals surface area (Å²) >= 11 is 5.96. The lowest BCUT2D eigenvalue weighted by Crippen LogP contribution is -2.37. The van der Waals surface area contributed by atoms with Gasteiger partial charge in [-0.3, -0.25) is 9.59 Å². The number of rotatable bonds is 8. The molecule has 0 spiro atoms. The van der Waals surface area contributed by atoms with E-state index in [-0.39, 0.29) is 18.4 Å². The Morgan fingerprint density at radius 1 is 0.935 bits per heavy atom. The highest BCUT2D eigenvalue weighted by Gasteiger charge is 2.16. The molecule has 166 valence electrons. The zero-order valence-electron chi connectivity index (χ0n) is 18.0. The standard InChI is InChI=1S/C23H28ClN3O4/c1-23(2,3)31-22(30)26-15-21(29)27-19-9-5-7-17(13-19)14-25-20(28)11-10-16-6-4-8-18(24)12-16/h4-9,12-13H,10-11,14-15H2,1-3H3,(H,25,28)(H,26,30)(H,27,29). The Kier molecular flexibility index (Phi) is 8.88. The first-order chi connectivity index (χ1) is 14.6. The fraction of sp³-hybridized carbons (Fsp3) is 0.348. The largest absolute Gasteiger partial charge is 0.444 e. The third kappa shape index (κ3) is 10.00. The number of aryl methyl sites for hydroxylation is 1. The van der Waals surface area contributed by atoms with Crippen molar-refractivity contribution < 1.29 is 19.1 Å². The summed E-state index contributed by atoms with van der Waals surface area (Å²) in [6, 6.07) is 14.6. The average Bonchev–Trinajstić information content (AvgIpc) is 2.68. The van der Waals surface area contributed by atoms with Gasteiger partial charge in [0.15, 0.2) is 0 Å². The molecule has 0 unspecified atom stereocenters. The van der Waals surface area contributed by atoms with E-state index in [1.807, 2.05) is 24.3 Å². The Labute approximate surface area is 187 Å². The molecule has 7 nitrogen and oxygen atoms in total. The van der Waals surface area contributed by atoms with Crippen LogP contribution in [0.25, 0.3) is 0 Å². The molecule has 0 radical (unpaired) electrons. The summed E-state index contributed by atoms with van der Waals surface area (Å²) in [5.41, 5.74) is 1.79. The van der Waals surface area contributed by atoms with Crippen LogP contribution in [0, 0.1) is 0 Å². The van der Waals surface area contributed by atoms with Crippen LogP contribution in [0.4, 0.5) is 10.5 Å². The van der Waals surface area contributed by atoms with Crippen LogP contribution >= 0.6 is 11.6 Å². The summed E-state index contributed by atoms with van der Waals surface area (Å²) in [6.45, 7) is 5.37. The lowest BCUT2D eigenvalue weighted by atomic mass is 10.1. The Morgan fingerprint density at radius 3 is 2.35 bits per heavy atom. The number of halogens is 1. The van der Waals surface area contributed by atoms with Gasteiger partial charge in [-0.05, 0) is 62.6 Å². The molecule has 0 atom stereocenters.